The molecule has 1 N–H and O–H groups in total. The van der Waals surface area contributed by atoms with Gasteiger partial charge in [0.15, 0.2) is 16.8 Å². The zero-order valence-corrected chi connectivity index (χ0v) is 15.5. The second-order valence-electron chi connectivity index (χ2n) is 6.53. The predicted molar refractivity (Wildman–Crippen MR) is 102 cm³/mol. The first-order valence-corrected chi connectivity index (χ1v) is 9.10. The minimum atomic E-state index is -0.926. The lowest BCUT2D eigenvalue weighted by atomic mass is 10.0. The van der Waals surface area contributed by atoms with Crippen molar-refractivity contribution >= 4 is 22.8 Å². The van der Waals surface area contributed by atoms with E-state index in [1.165, 1.54) is 27.5 Å². The molecule has 0 aliphatic carbocycles. The van der Waals surface area contributed by atoms with Gasteiger partial charge in [-0.2, -0.15) is 9.61 Å². The third-order valence-corrected chi connectivity index (χ3v) is 4.63. The summed E-state index contributed by atoms with van der Waals surface area (Å²) >= 11 is 0. The van der Waals surface area contributed by atoms with E-state index in [1.807, 2.05) is 6.92 Å². The number of nitrogens with zero attached hydrogens (tertiary/aromatic N) is 6. The molecular weight excluding hydrogens is 379 g/mol. The fourth-order valence-electron chi connectivity index (χ4n) is 3.22. The molecule has 0 aliphatic rings. The Kier molecular flexibility index (Phi) is 4.75. The van der Waals surface area contributed by atoms with Crippen LogP contribution in [0.2, 0.25) is 0 Å². The van der Waals surface area contributed by atoms with Gasteiger partial charge in [-0.3, -0.25) is 14.2 Å². The van der Waals surface area contributed by atoms with Gasteiger partial charge in [-0.15, -0.1) is 10.2 Å². The van der Waals surface area contributed by atoms with Gasteiger partial charge in [-0.25, -0.2) is 9.37 Å². The van der Waals surface area contributed by atoms with Crippen molar-refractivity contribution in [3.05, 3.63) is 52.5 Å². The molecule has 4 aromatic rings. The van der Waals surface area contributed by atoms with Crippen molar-refractivity contribution in [3.63, 3.8) is 0 Å². The highest BCUT2D eigenvalue weighted by Crippen LogP contribution is 2.28. The number of aryl methyl sites for hydroxylation is 2. The van der Waals surface area contributed by atoms with Crippen molar-refractivity contribution in [1.82, 2.24) is 29.4 Å². The van der Waals surface area contributed by atoms with Gasteiger partial charge in [0, 0.05) is 13.0 Å². The molecule has 0 saturated carbocycles. The van der Waals surface area contributed by atoms with Gasteiger partial charge >= 0.3 is 5.97 Å². The molecule has 1 aromatic carbocycles. The third kappa shape index (κ3) is 3.33. The van der Waals surface area contributed by atoms with E-state index in [9.17, 15) is 14.0 Å². The van der Waals surface area contributed by atoms with Gasteiger partial charge in [-0.1, -0.05) is 19.1 Å². The van der Waals surface area contributed by atoms with E-state index in [0.29, 0.717) is 24.1 Å². The average molecular weight is 396 g/mol. The number of fused-ring (bicyclic) bond motifs is 3. The first-order chi connectivity index (χ1) is 14.0. The van der Waals surface area contributed by atoms with Crippen LogP contribution in [0, 0.1) is 5.82 Å². The molecule has 10 heteroatoms. The SMILES string of the molecule is CCc1nn2c(nnc3c(=O)n(CCCC(=O)O)cnc32)c1-c1ccc(F)cc1. The molecule has 9 nitrogen and oxygen atoms in total. The molecule has 0 amide bonds. The maximum atomic E-state index is 13.3. The van der Waals surface area contributed by atoms with Crippen LogP contribution in [0.4, 0.5) is 4.39 Å². The largest absolute Gasteiger partial charge is 0.481 e. The first-order valence-electron chi connectivity index (χ1n) is 9.10. The summed E-state index contributed by atoms with van der Waals surface area (Å²) in [5.74, 6) is -1.27. The number of carboxylic acids is 1. The van der Waals surface area contributed by atoms with Crippen molar-refractivity contribution in [1.29, 1.82) is 0 Å². The maximum Gasteiger partial charge on any atom is 0.303 e. The summed E-state index contributed by atoms with van der Waals surface area (Å²) < 4.78 is 16.1. The minimum absolute atomic E-state index is 0.0464. The first kappa shape index (κ1) is 18.7. The Bertz CT molecular complexity index is 1280. The van der Waals surface area contributed by atoms with Gasteiger partial charge < -0.3 is 5.11 Å². The molecule has 0 saturated heterocycles. The summed E-state index contributed by atoms with van der Waals surface area (Å²) in [6, 6.07) is 6.01. The normalized spacial score (nSPS) is 11.4. The molecule has 3 aromatic heterocycles. The van der Waals surface area contributed by atoms with Crippen molar-refractivity contribution in [2.45, 2.75) is 32.7 Å². The summed E-state index contributed by atoms with van der Waals surface area (Å²) in [4.78, 5) is 27.7. The molecule has 29 heavy (non-hydrogen) atoms. The van der Waals surface area contributed by atoms with E-state index < -0.39 is 11.5 Å². The highest BCUT2D eigenvalue weighted by Gasteiger charge is 2.19. The number of hydrogen-bond acceptors (Lipinski definition) is 6. The van der Waals surface area contributed by atoms with E-state index in [0.717, 1.165) is 11.3 Å². The van der Waals surface area contributed by atoms with Gasteiger partial charge in [0.1, 0.15) is 12.1 Å². The van der Waals surface area contributed by atoms with Crippen LogP contribution in [0.1, 0.15) is 25.5 Å². The lowest BCUT2D eigenvalue weighted by Crippen LogP contribution is -2.23. The molecule has 0 aliphatic heterocycles. The smallest absolute Gasteiger partial charge is 0.303 e. The number of aliphatic carboxylic acids is 1. The molecule has 3 heterocycles. The van der Waals surface area contributed by atoms with Crippen LogP contribution in [-0.2, 0) is 17.8 Å². The van der Waals surface area contributed by atoms with Crippen molar-refractivity contribution < 1.29 is 14.3 Å². The fraction of sp³-hybridized carbons (Fsp3) is 0.263. The molecule has 0 spiro atoms. The summed E-state index contributed by atoms with van der Waals surface area (Å²) in [6.45, 7) is 2.15. The summed E-state index contributed by atoms with van der Waals surface area (Å²) in [5, 5.41) is 21.6. The Morgan fingerprint density at radius 2 is 1.93 bits per heavy atom. The Morgan fingerprint density at radius 1 is 1.17 bits per heavy atom. The van der Waals surface area contributed by atoms with Gasteiger partial charge in [0.2, 0.25) is 0 Å². The number of rotatable bonds is 6. The zero-order chi connectivity index (χ0) is 20.5. The number of carboxylic acid groups (broad SMARTS) is 1. The second-order valence-corrected chi connectivity index (χ2v) is 6.53. The van der Waals surface area contributed by atoms with Crippen molar-refractivity contribution in [2.75, 3.05) is 0 Å². The summed E-state index contributed by atoms with van der Waals surface area (Å²) in [7, 11) is 0. The third-order valence-electron chi connectivity index (χ3n) is 4.63. The highest BCUT2D eigenvalue weighted by atomic mass is 19.1. The van der Waals surface area contributed by atoms with Crippen LogP contribution in [-0.4, -0.2) is 40.4 Å². The molecule has 0 bridgehead atoms. The van der Waals surface area contributed by atoms with Crippen LogP contribution in [0.25, 0.3) is 27.9 Å². The van der Waals surface area contributed by atoms with Crippen LogP contribution >= 0.6 is 0 Å². The molecule has 148 valence electrons. The van der Waals surface area contributed by atoms with E-state index in [1.54, 1.807) is 12.1 Å². The minimum Gasteiger partial charge on any atom is -0.481 e. The van der Waals surface area contributed by atoms with E-state index in [-0.39, 0.29) is 29.9 Å². The topological polar surface area (TPSA) is 115 Å². The van der Waals surface area contributed by atoms with Gasteiger partial charge in [-0.05, 0) is 30.5 Å². The van der Waals surface area contributed by atoms with Crippen molar-refractivity contribution in [3.8, 4) is 11.1 Å². The van der Waals surface area contributed by atoms with Gasteiger partial charge in [0.05, 0.1) is 11.3 Å². The second kappa shape index (κ2) is 7.38. The van der Waals surface area contributed by atoms with E-state index in [4.69, 9.17) is 5.11 Å². The van der Waals surface area contributed by atoms with Crippen LogP contribution in [0.3, 0.4) is 0 Å². The number of benzene rings is 1. The highest BCUT2D eigenvalue weighted by molar-refractivity contribution is 5.83. The predicted octanol–water partition coefficient (Wildman–Crippen LogP) is 2.07. The van der Waals surface area contributed by atoms with Gasteiger partial charge in [0.25, 0.3) is 5.56 Å². The number of aromatic nitrogens is 6. The number of carbonyl (C=O) groups is 1. The lowest BCUT2D eigenvalue weighted by molar-refractivity contribution is -0.137. The number of hydrogen-bond donors (Lipinski definition) is 1. The average Bonchev–Trinajstić information content (AvgIpc) is 3.09. The Balaban J connectivity index is 1.86. The monoisotopic (exact) mass is 396 g/mol. The molecular formula is C19H17FN6O3. The molecule has 0 unspecified atom stereocenters. The molecule has 0 radical (unpaired) electrons. The quantitative estimate of drug-likeness (QED) is 0.530. The molecule has 4 rings (SSSR count). The maximum absolute atomic E-state index is 13.3. The Morgan fingerprint density at radius 3 is 2.62 bits per heavy atom. The number of halogens is 1. The Hall–Kier alpha value is -3.69. The standard InChI is InChI=1S/C19H17FN6O3/c1-2-13-15(11-5-7-12(20)8-6-11)17-23-22-16-18(26(17)24-13)21-10-25(19(16)29)9-3-4-14(27)28/h5-8,10H,2-4,9H2,1H3,(H,27,28). The van der Waals surface area contributed by atoms with E-state index >= 15 is 0 Å². The Labute approximate surface area is 163 Å². The molecule has 0 fully saturated rings. The van der Waals surface area contributed by atoms with E-state index in [2.05, 4.69) is 20.3 Å². The fourth-order valence-corrected chi connectivity index (χ4v) is 3.22. The van der Waals surface area contributed by atoms with Crippen LogP contribution in [0.5, 0.6) is 0 Å². The summed E-state index contributed by atoms with van der Waals surface area (Å²) in [5.41, 5.74) is 2.51. The zero-order valence-electron chi connectivity index (χ0n) is 15.5. The lowest BCUT2D eigenvalue weighted by Gasteiger charge is -2.06. The van der Waals surface area contributed by atoms with Crippen LogP contribution < -0.4 is 5.56 Å². The van der Waals surface area contributed by atoms with Crippen molar-refractivity contribution in [2.24, 2.45) is 0 Å². The van der Waals surface area contributed by atoms with Crippen LogP contribution in [0.15, 0.2) is 35.4 Å². The molecule has 0 atom stereocenters. The summed E-state index contributed by atoms with van der Waals surface area (Å²) in [6.07, 6.45) is 2.21.